The zero-order chi connectivity index (χ0) is 11.4. The van der Waals surface area contributed by atoms with Crippen LogP contribution in [0.4, 0.5) is 0 Å². The van der Waals surface area contributed by atoms with Gasteiger partial charge in [0.15, 0.2) is 0 Å². The molecule has 1 aromatic rings. The highest BCUT2D eigenvalue weighted by molar-refractivity contribution is 5.33. The predicted octanol–water partition coefficient (Wildman–Crippen LogP) is 2.91. The van der Waals surface area contributed by atoms with E-state index in [-0.39, 0.29) is 5.60 Å². The van der Waals surface area contributed by atoms with Gasteiger partial charge < -0.3 is 9.26 Å². The average Bonchev–Trinajstić information content (AvgIpc) is 2.80. The predicted molar refractivity (Wildman–Crippen MR) is 60.8 cm³/mol. The summed E-state index contributed by atoms with van der Waals surface area (Å²) in [5.74, 6) is 1.16. The Bertz CT molecular complexity index is 348. The Kier molecular flexibility index (Phi) is 3.39. The summed E-state index contributed by atoms with van der Waals surface area (Å²) in [6.45, 7) is 6.30. The smallest absolute Gasteiger partial charge is 0.250 e. The molecule has 16 heavy (non-hydrogen) atoms. The number of hydrogen-bond donors (Lipinski definition) is 0. The lowest BCUT2D eigenvalue weighted by atomic mass is 9.84. The fraction of sp³-hybridized carbons (Fsp3) is 0.667. The Morgan fingerprint density at radius 3 is 2.75 bits per heavy atom. The molecule has 0 bridgehead atoms. The van der Waals surface area contributed by atoms with E-state index in [1.165, 1.54) is 6.42 Å². The van der Waals surface area contributed by atoms with Crippen molar-refractivity contribution in [3.05, 3.63) is 18.3 Å². The number of ether oxygens (including phenoxy) is 1. The van der Waals surface area contributed by atoms with Crippen LogP contribution in [-0.4, -0.2) is 16.7 Å². The highest BCUT2D eigenvalue weighted by Gasteiger charge is 2.38. The molecule has 0 atom stereocenters. The van der Waals surface area contributed by atoms with Crippen LogP contribution in [0.25, 0.3) is 6.08 Å². The van der Waals surface area contributed by atoms with Gasteiger partial charge >= 0.3 is 0 Å². The quantitative estimate of drug-likeness (QED) is 0.785. The Labute approximate surface area is 95.7 Å². The normalized spacial score (nSPS) is 19.6. The van der Waals surface area contributed by atoms with Crippen molar-refractivity contribution in [3.8, 4) is 0 Å². The van der Waals surface area contributed by atoms with Crippen LogP contribution in [0.2, 0.25) is 0 Å². The van der Waals surface area contributed by atoms with E-state index in [0.29, 0.717) is 18.3 Å². The second-order valence-corrected chi connectivity index (χ2v) is 4.15. The molecule has 0 amide bonds. The lowest BCUT2D eigenvalue weighted by molar-refractivity contribution is -0.0777. The largest absolute Gasteiger partial charge is 0.367 e. The van der Waals surface area contributed by atoms with E-state index < -0.39 is 0 Å². The molecule has 4 heteroatoms. The molecule has 0 saturated heterocycles. The lowest BCUT2D eigenvalue weighted by Crippen LogP contribution is -2.33. The highest BCUT2D eigenvalue weighted by Crippen LogP contribution is 2.38. The van der Waals surface area contributed by atoms with E-state index in [2.05, 4.69) is 16.7 Å². The van der Waals surface area contributed by atoms with Crippen LogP contribution in [0.3, 0.4) is 0 Å². The van der Waals surface area contributed by atoms with Crippen LogP contribution in [0.1, 0.15) is 50.7 Å². The van der Waals surface area contributed by atoms with Gasteiger partial charge in [-0.05, 0) is 25.8 Å². The van der Waals surface area contributed by atoms with Crippen LogP contribution >= 0.6 is 0 Å². The third kappa shape index (κ3) is 2.02. The second-order valence-electron chi connectivity index (χ2n) is 4.15. The van der Waals surface area contributed by atoms with E-state index in [9.17, 15) is 0 Å². The molecule has 0 spiro atoms. The van der Waals surface area contributed by atoms with Gasteiger partial charge in [0.1, 0.15) is 5.60 Å². The zero-order valence-electron chi connectivity index (χ0n) is 9.74. The number of hydrogen-bond acceptors (Lipinski definition) is 4. The van der Waals surface area contributed by atoms with E-state index >= 15 is 0 Å². The van der Waals surface area contributed by atoms with Crippen molar-refractivity contribution in [2.24, 2.45) is 0 Å². The Morgan fingerprint density at radius 2 is 2.19 bits per heavy atom. The van der Waals surface area contributed by atoms with Gasteiger partial charge in [-0.25, -0.2) is 0 Å². The van der Waals surface area contributed by atoms with E-state index in [1.807, 2.05) is 6.92 Å². The van der Waals surface area contributed by atoms with Gasteiger partial charge in [-0.2, -0.15) is 4.98 Å². The van der Waals surface area contributed by atoms with Crippen LogP contribution in [0.5, 0.6) is 0 Å². The number of nitrogens with zero attached hydrogens (tertiary/aromatic N) is 2. The first-order valence-corrected chi connectivity index (χ1v) is 5.91. The average molecular weight is 222 g/mol. The Morgan fingerprint density at radius 1 is 1.44 bits per heavy atom. The molecule has 1 fully saturated rings. The first-order chi connectivity index (χ1) is 7.80. The molecular formula is C12H18N2O2. The van der Waals surface area contributed by atoms with Crippen LogP contribution in [-0.2, 0) is 10.3 Å². The molecule has 0 unspecified atom stereocenters. The lowest BCUT2D eigenvalue weighted by Gasteiger charge is -2.33. The van der Waals surface area contributed by atoms with E-state index in [0.717, 1.165) is 25.7 Å². The van der Waals surface area contributed by atoms with E-state index in [1.54, 1.807) is 6.08 Å². The minimum absolute atomic E-state index is 0.322. The third-order valence-electron chi connectivity index (χ3n) is 3.11. The van der Waals surface area contributed by atoms with Crippen molar-refractivity contribution in [1.82, 2.24) is 10.1 Å². The molecule has 0 aromatic carbocycles. The maximum absolute atomic E-state index is 5.90. The third-order valence-corrected chi connectivity index (χ3v) is 3.11. The minimum Gasteiger partial charge on any atom is -0.367 e. The topological polar surface area (TPSA) is 48.2 Å². The maximum Gasteiger partial charge on any atom is 0.250 e. The molecule has 0 aliphatic heterocycles. The summed E-state index contributed by atoms with van der Waals surface area (Å²) in [4.78, 5) is 4.32. The van der Waals surface area contributed by atoms with Gasteiger partial charge in [0.05, 0.1) is 0 Å². The van der Waals surface area contributed by atoms with Gasteiger partial charge in [-0.15, -0.1) is 0 Å². The van der Waals surface area contributed by atoms with Gasteiger partial charge in [0, 0.05) is 6.61 Å². The standard InChI is InChI=1S/C12H18N2O2/c1-3-10-13-11(14-16-10)12(15-4-2)8-6-5-7-9-12/h3H,1,4-9H2,2H3. The molecule has 1 aromatic heterocycles. The maximum atomic E-state index is 5.90. The first kappa shape index (κ1) is 11.3. The molecule has 1 heterocycles. The van der Waals surface area contributed by atoms with Crippen LogP contribution in [0.15, 0.2) is 11.1 Å². The SMILES string of the molecule is C=Cc1nc(C2(OCC)CCCCC2)no1. The summed E-state index contributed by atoms with van der Waals surface area (Å²) in [5, 5.41) is 4.02. The monoisotopic (exact) mass is 222 g/mol. The summed E-state index contributed by atoms with van der Waals surface area (Å²) < 4.78 is 11.0. The van der Waals surface area contributed by atoms with Gasteiger partial charge in [-0.1, -0.05) is 31.0 Å². The fourth-order valence-electron chi connectivity index (χ4n) is 2.33. The minimum atomic E-state index is -0.322. The Balaban J connectivity index is 2.26. The van der Waals surface area contributed by atoms with Crippen molar-refractivity contribution in [2.75, 3.05) is 6.61 Å². The second kappa shape index (κ2) is 4.78. The zero-order valence-corrected chi connectivity index (χ0v) is 9.74. The molecule has 0 radical (unpaired) electrons. The molecule has 4 nitrogen and oxygen atoms in total. The van der Waals surface area contributed by atoms with Crippen molar-refractivity contribution < 1.29 is 9.26 Å². The Hall–Kier alpha value is -1.16. The van der Waals surface area contributed by atoms with Gasteiger partial charge in [-0.3, -0.25) is 0 Å². The van der Waals surface area contributed by atoms with Crippen LogP contribution < -0.4 is 0 Å². The summed E-state index contributed by atoms with van der Waals surface area (Å²) in [6.07, 6.45) is 7.13. The summed E-state index contributed by atoms with van der Waals surface area (Å²) in [5.41, 5.74) is -0.322. The summed E-state index contributed by atoms with van der Waals surface area (Å²) in [7, 11) is 0. The number of rotatable bonds is 4. The van der Waals surface area contributed by atoms with Crippen molar-refractivity contribution in [3.63, 3.8) is 0 Å². The highest BCUT2D eigenvalue weighted by atomic mass is 16.5. The molecule has 1 aliphatic carbocycles. The first-order valence-electron chi connectivity index (χ1n) is 5.91. The van der Waals surface area contributed by atoms with Gasteiger partial charge in [0.2, 0.25) is 11.7 Å². The molecule has 1 aliphatic rings. The molecule has 2 rings (SSSR count). The summed E-state index contributed by atoms with van der Waals surface area (Å²) >= 11 is 0. The summed E-state index contributed by atoms with van der Waals surface area (Å²) in [6, 6.07) is 0. The fourth-order valence-corrected chi connectivity index (χ4v) is 2.33. The van der Waals surface area contributed by atoms with Crippen molar-refractivity contribution >= 4 is 6.08 Å². The molecule has 0 N–H and O–H groups in total. The molecule has 1 saturated carbocycles. The molecular weight excluding hydrogens is 204 g/mol. The van der Waals surface area contributed by atoms with E-state index in [4.69, 9.17) is 9.26 Å². The number of aromatic nitrogens is 2. The van der Waals surface area contributed by atoms with Gasteiger partial charge in [0.25, 0.3) is 0 Å². The van der Waals surface area contributed by atoms with Crippen molar-refractivity contribution in [1.29, 1.82) is 0 Å². The van der Waals surface area contributed by atoms with Crippen LogP contribution in [0, 0.1) is 0 Å². The molecule has 88 valence electrons. The van der Waals surface area contributed by atoms with Crippen molar-refractivity contribution in [2.45, 2.75) is 44.6 Å².